The first-order valence-electron chi connectivity index (χ1n) is 13.3. The fourth-order valence-corrected chi connectivity index (χ4v) is 6.25. The van der Waals surface area contributed by atoms with Crippen LogP contribution in [0.25, 0.3) is 0 Å². The Bertz CT molecular complexity index is 859. The third kappa shape index (κ3) is 7.12. The molecule has 1 aromatic rings. The Morgan fingerprint density at radius 3 is 2.26 bits per heavy atom. The van der Waals surface area contributed by atoms with E-state index in [1.165, 1.54) is 19.3 Å². The number of amides is 1. The van der Waals surface area contributed by atoms with Crippen molar-refractivity contribution in [2.75, 3.05) is 52.4 Å². The number of benzene rings is 1. The number of nitrogens with zero attached hydrogens (tertiary/aromatic N) is 3. The van der Waals surface area contributed by atoms with E-state index < -0.39 is 0 Å². The molecule has 0 unspecified atom stereocenters. The highest BCUT2D eigenvalue weighted by Gasteiger charge is 2.29. The minimum atomic E-state index is -0.0181. The lowest BCUT2D eigenvalue weighted by atomic mass is 9.88. The van der Waals surface area contributed by atoms with Gasteiger partial charge in [0.15, 0.2) is 11.5 Å². The summed E-state index contributed by atoms with van der Waals surface area (Å²) in [6, 6.07) is 3.97. The van der Waals surface area contributed by atoms with E-state index in [0.717, 1.165) is 45.2 Å². The fraction of sp³-hybridized carbons (Fsp3) is 0.704. The second-order valence-corrected chi connectivity index (χ2v) is 11.2. The predicted octanol–water partition coefficient (Wildman–Crippen LogP) is 5.15. The molecule has 3 aliphatic rings. The predicted molar refractivity (Wildman–Crippen MR) is 141 cm³/mol. The number of carbonyl (C=O) groups is 2. The Balaban J connectivity index is 1.23. The van der Waals surface area contributed by atoms with Crippen molar-refractivity contribution < 1.29 is 14.3 Å². The summed E-state index contributed by atoms with van der Waals surface area (Å²) in [4.78, 5) is 32.3. The van der Waals surface area contributed by atoms with Crippen LogP contribution in [0.3, 0.4) is 0 Å². The zero-order chi connectivity index (χ0) is 24.8. The normalized spacial score (nSPS) is 22.5. The van der Waals surface area contributed by atoms with Gasteiger partial charge in [0.05, 0.1) is 23.2 Å². The number of rotatable bonds is 9. The van der Waals surface area contributed by atoms with Gasteiger partial charge in [-0.2, -0.15) is 0 Å². The molecule has 0 aromatic heterocycles. The largest absolute Gasteiger partial charge is 0.490 e. The number of hydrogen-bond donors (Lipinski definition) is 0. The number of Topliss-reactive ketones (excluding diaryl/α,β-unsaturated/α-hetero) is 1. The van der Waals surface area contributed by atoms with Gasteiger partial charge in [0.25, 0.3) is 0 Å². The van der Waals surface area contributed by atoms with E-state index in [2.05, 4.69) is 16.7 Å². The molecule has 6 nitrogen and oxygen atoms in total. The van der Waals surface area contributed by atoms with Gasteiger partial charge in [-0.3, -0.25) is 14.5 Å². The molecule has 4 rings (SSSR count). The van der Waals surface area contributed by atoms with Crippen LogP contribution in [-0.2, 0) is 4.79 Å². The SMILES string of the molecule is C[C@@H]1CCCN1CCCOc1c(Cl)cc(C(=O)CN2CCN(C(=O)C3CCCCC3)CC2)cc1Cl. The minimum absolute atomic E-state index is 0.0181. The van der Waals surface area contributed by atoms with Crippen LogP contribution in [0.15, 0.2) is 12.1 Å². The quantitative estimate of drug-likeness (QED) is 0.330. The van der Waals surface area contributed by atoms with Crippen LogP contribution >= 0.6 is 23.2 Å². The van der Waals surface area contributed by atoms with Crippen molar-refractivity contribution in [1.82, 2.24) is 14.7 Å². The number of ether oxygens (including phenoxy) is 1. The molecular formula is C27H39Cl2N3O3. The van der Waals surface area contributed by atoms with Crippen molar-refractivity contribution in [2.45, 2.75) is 64.3 Å². The monoisotopic (exact) mass is 523 g/mol. The molecule has 0 bridgehead atoms. The summed E-state index contributed by atoms with van der Waals surface area (Å²) in [7, 11) is 0. The Hall–Kier alpha value is -1.34. The summed E-state index contributed by atoms with van der Waals surface area (Å²) in [5.74, 6) is 0.940. The van der Waals surface area contributed by atoms with Crippen LogP contribution < -0.4 is 4.74 Å². The van der Waals surface area contributed by atoms with Gasteiger partial charge in [-0.15, -0.1) is 0 Å². The highest BCUT2D eigenvalue weighted by molar-refractivity contribution is 6.37. The summed E-state index contributed by atoms with van der Waals surface area (Å²) in [6.07, 6.45) is 9.07. The average Bonchev–Trinajstić information content (AvgIpc) is 3.28. The van der Waals surface area contributed by atoms with Gasteiger partial charge in [-0.1, -0.05) is 42.5 Å². The molecule has 194 valence electrons. The van der Waals surface area contributed by atoms with Crippen molar-refractivity contribution in [3.63, 3.8) is 0 Å². The van der Waals surface area contributed by atoms with Crippen molar-refractivity contribution >= 4 is 34.9 Å². The van der Waals surface area contributed by atoms with Crippen LogP contribution in [0.2, 0.25) is 10.0 Å². The molecule has 1 aromatic carbocycles. The minimum Gasteiger partial charge on any atom is -0.490 e. The standard InChI is InChI=1S/C27H39Cl2N3O3/c1-20-7-5-10-31(20)11-6-16-35-26-23(28)17-22(18-24(26)29)25(33)19-30-12-14-32(15-13-30)27(34)21-8-3-2-4-9-21/h17-18,20-21H,2-16,19H2,1H3/t20-/m1/s1. The van der Waals surface area contributed by atoms with E-state index in [0.29, 0.717) is 72.6 Å². The summed E-state index contributed by atoms with van der Waals surface area (Å²) < 4.78 is 5.88. The maximum absolute atomic E-state index is 12.9. The number of piperazine rings is 1. The molecule has 35 heavy (non-hydrogen) atoms. The molecule has 3 fully saturated rings. The third-order valence-corrected chi connectivity index (χ3v) is 8.41. The first kappa shape index (κ1) is 26.7. The van der Waals surface area contributed by atoms with Crippen molar-refractivity contribution in [3.05, 3.63) is 27.7 Å². The van der Waals surface area contributed by atoms with Gasteiger partial charge in [0, 0.05) is 50.2 Å². The van der Waals surface area contributed by atoms with E-state index in [-0.39, 0.29) is 11.7 Å². The Morgan fingerprint density at radius 2 is 1.63 bits per heavy atom. The topological polar surface area (TPSA) is 53.1 Å². The molecule has 1 aliphatic carbocycles. The van der Waals surface area contributed by atoms with Crippen molar-refractivity contribution in [1.29, 1.82) is 0 Å². The van der Waals surface area contributed by atoms with Gasteiger partial charge < -0.3 is 14.5 Å². The second-order valence-electron chi connectivity index (χ2n) is 10.4. The molecule has 0 spiro atoms. The summed E-state index contributed by atoms with van der Waals surface area (Å²) in [5.41, 5.74) is 0.499. The number of likely N-dealkylation sites (tertiary alicyclic amines) is 1. The summed E-state index contributed by atoms with van der Waals surface area (Å²) in [5, 5.41) is 0.747. The van der Waals surface area contributed by atoms with Gasteiger partial charge in [0.1, 0.15) is 0 Å². The van der Waals surface area contributed by atoms with Gasteiger partial charge in [0.2, 0.25) is 5.91 Å². The van der Waals surface area contributed by atoms with Crippen molar-refractivity contribution in [2.24, 2.45) is 5.92 Å². The fourth-order valence-electron chi connectivity index (χ4n) is 5.65. The first-order valence-corrected chi connectivity index (χ1v) is 14.1. The second kappa shape index (κ2) is 12.8. The van der Waals surface area contributed by atoms with Crippen molar-refractivity contribution in [3.8, 4) is 5.75 Å². The molecular weight excluding hydrogens is 485 g/mol. The smallest absolute Gasteiger partial charge is 0.225 e. The molecule has 1 atom stereocenters. The van der Waals surface area contributed by atoms with Gasteiger partial charge in [-0.05, 0) is 57.7 Å². The van der Waals surface area contributed by atoms with Gasteiger partial charge >= 0.3 is 0 Å². The Morgan fingerprint density at radius 1 is 0.943 bits per heavy atom. The molecule has 1 saturated carbocycles. The number of halogens is 2. The van der Waals surface area contributed by atoms with E-state index >= 15 is 0 Å². The maximum Gasteiger partial charge on any atom is 0.225 e. The zero-order valence-corrected chi connectivity index (χ0v) is 22.5. The van der Waals surface area contributed by atoms with E-state index in [4.69, 9.17) is 27.9 Å². The Labute approximate surface area is 219 Å². The lowest BCUT2D eigenvalue weighted by Crippen LogP contribution is -2.51. The summed E-state index contributed by atoms with van der Waals surface area (Å²) >= 11 is 12.9. The van der Waals surface area contributed by atoms with Crippen LogP contribution in [-0.4, -0.2) is 84.9 Å². The lowest BCUT2D eigenvalue weighted by Gasteiger charge is -2.36. The molecule has 0 N–H and O–H groups in total. The molecule has 2 saturated heterocycles. The highest BCUT2D eigenvalue weighted by Crippen LogP contribution is 2.34. The third-order valence-electron chi connectivity index (χ3n) is 7.85. The number of hydrogen-bond acceptors (Lipinski definition) is 5. The Kier molecular flexibility index (Phi) is 9.74. The summed E-state index contributed by atoms with van der Waals surface area (Å²) in [6.45, 7) is 8.07. The number of carbonyl (C=O) groups excluding carboxylic acids is 2. The zero-order valence-electron chi connectivity index (χ0n) is 20.9. The highest BCUT2D eigenvalue weighted by atomic mass is 35.5. The van der Waals surface area contributed by atoms with E-state index in [1.54, 1.807) is 12.1 Å². The molecule has 0 radical (unpaired) electrons. The number of ketones is 1. The van der Waals surface area contributed by atoms with Crippen LogP contribution in [0, 0.1) is 5.92 Å². The molecule has 2 heterocycles. The van der Waals surface area contributed by atoms with Crippen LogP contribution in [0.4, 0.5) is 0 Å². The van der Waals surface area contributed by atoms with Gasteiger partial charge in [-0.25, -0.2) is 0 Å². The molecule has 1 amide bonds. The van der Waals surface area contributed by atoms with Crippen LogP contribution in [0.1, 0.15) is 68.6 Å². The molecule has 2 aliphatic heterocycles. The maximum atomic E-state index is 12.9. The van der Waals surface area contributed by atoms with Crippen LogP contribution in [0.5, 0.6) is 5.75 Å². The van der Waals surface area contributed by atoms with E-state index in [9.17, 15) is 9.59 Å². The average molecular weight is 525 g/mol. The lowest BCUT2D eigenvalue weighted by molar-refractivity contribution is -0.138. The molecule has 8 heteroatoms. The first-order chi connectivity index (χ1) is 16.9. The van der Waals surface area contributed by atoms with E-state index in [1.807, 2.05) is 4.90 Å².